The van der Waals surface area contributed by atoms with Crippen LogP contribution in [0.25, 0.3) is 33.2 Å². The minimum Gasteiger partial charge on any atom is -0.395 e. The molecule has 3 heterocycles. The van der Waals surface area contributed by atoms with Crippen molar-refractivity contribution in [1.82, 2.24) is 19.7 Å². The van der Waals surface area contributed by atoms with Gasteiger partial charge in [-0.3, -0.25) is 15.0 Å². The highest BCUT2D eigenvalue weighted by Gasteiger charge is 2.15. The Labute approximate surface area is 168 Å². The summed E-state index contributed by atoms with van der Waals surface area (Å²) in [5.41, 5.74) is 4.37. The van der Waals surface area contributed by atoms with E-state index in [1.165, 1.54) is 6.20 Å². The zero-order chi connectivity index (χ0) is 20.3. The van der Waals surface area contributed by atoms with Gasteiger partial charge in [0.1, 0.15) is 4.90 Å². The van der Waals surface area contributed by atoms with E-state index in [9.17, 15) is 8.42 Å². The highest BCUT2D eigenvalue weighted by molar-refractivity contribution is 7.89. The molecular weight excluding hydrogens is 388 g/mol. The smallest absolute Gasteiger partial charge is 0.242 e. The lowest BCUT2D eigenvalue weighted by atomic mass is 9.98. The normalized spacial score (nSPS) is 11.6. The molecule has 4 aromatic rings. The fraction of sp³-hybridized carbons (Fsp3) is 0.0952. The monoisotopic (exact) mass is 406 g/mol. The van der Waals surface area contributed by atoms with E-state index in [0.717, 1.165) is 27.6 Å². The van der Waals surface area contributed by atoms with E-state index in [-0.39, 0.29) is 18.0 Å². The molecule has 2 N–H and O–H groups in total. The van der Waals surface area contributed by atoms with Crippen LogP contribution < -0.4 is 4.72 Å². The van der Waals surface area contributed by atoms with Crippen molar-refractivity contribution in [3.8, 4) is 22.3 Å². The summed E-state index contributed by atoms with van der Waals surface area (Å²) < 4.78 is 27.0. The zero-order valence-corrected chi connectivity index (χ0v) is 16.2. The summed E-state index contributed by atoms with van der Waals surface area (Å²) in [7, 11) is -3.74. The van der Waals surface area contributed by atoms with E-state index in [1.807, 2.05) is 36.4 Å². The lowest BCUT2D eigenvalue weighted by Gasteiger charge is -2.10. The Morgan fingerprint density at radius 3 is 2.48 bits per heavy atom. The molecule has 1 aromatic carbocycles. The van der Waals surface area contributed by atoms with Crippen molar-refractivity contribution in [2.75, 3.05) is 13.2 Å². The number of hydrogen-bond donors (Lipinski definition) is 2. The molecule has 7 nitrogen and oxygen atoms in total. The first kappa shape index (κ1) is 19.1. The summed E-state index contributed by atoms with van der Waals surface area (Å²) in [5.74, 6) is 0. The Bertz CT molecular complexity index is 1260. The van der Waals surface area contributed by atoms with E-state index >= 15 is 0 Å². The number of nitrogens with one attached hydrogen (secondary N) is 1. The van der Waals surface area contributed by atoms with Crippen molar-refractivity contribution >= 4 is 20.9 Å². The van der Waals surface area contributed by atoms with Crippen molar-refractivity contribution in [3.63, 3.8) is 0 Å². The molecule has 0 unspecified atom stereocenters. The highest BCUT2D eigenvalue weighted by atomic mass is 32.2. The van der Waals surface area contributed by atoms with Crippen LogP contribution in [-0.4, -0.2) is 41.6 Å². The van der Waals surface area contributed by atoms with Crippen LogP contribution in [0.1, 0.15) is 0 Å². The number of rotatable bonds is 6. The number of sulfonamides is 1. The topological polar surface area (TPSA) is 105 Å². The van der Waals surface area contributed by atoms with Gasteiger partial charge in [-0.1, -0.05) is 6.07 Å². The maximum Gasteiger partial charge on any atom is 0.242 e. The van der Waals surface area contributed by atoms with Gasteiger partial charge >= 0.3 is 0 Å². The van der Waals surface area contributed by atoms with Crippen molar-refractivity contribution in [2.24, 2.45) is 0 Å². The fourth-order valence-corrected chi connectivity index (χ4v) is 4.10. The van der Waals surface area contributed by atoms with Crippen LogP contribution in [0, 0.1) is 0 Å². The number of nitrogens with zero attached hydrogens (tertiary/aromatic N) is 3. The van der Waals surface area contributed by atoms with Crippen molar-refractivity contribution in [2.45, 2.75) is 4.90 Å². The van der Waals surface area contributed by atoms with E-state index in [0.29, 0.717) is 5.56 Å². The van der Waals surface area contributed by atoms with Crippen LogP contribution in [0.15, 0.2) is 78.3 Å². The van der Waals surface area contributed by atoms with E-state index < -0.39 is 10.0 Å². The molecule has 0 spiro atoms. The predicted octanol–water partition coefficient (Wildman–Crippen LogP) is 2.63. The molecule has 4 rings (SSSR count). The molecule has 0 radical (unpaired) electrons. The Hall–Kier alpha value is -3.20. The number of hydrogen-bond acceptors (Lipinski definition) is 6. The molecule has 29 heavy (non-hydrogen) atoms. The third kappa shape index (κ3) is 4.00. The molecule has 0 saturated carbocycles. The lowest BCUT2D eigenvalue weighted by molar-refractivity contribution is 0.301. The minimum absolute atomic E-state index is 0.0455. The van der Waals surface area contributed by atoms with E-state index in [1.54, 1.807) is 30.9 Å². The third-order valence-corrected chi connectivity index (χ3v) is 5.92. The first-order valence-electron chi connectivity index (χ1n) is 8.93. The van der Waals surface area contributed by atoms with E-state index in [4.69, 9.17) is 5.11 Å². The van der Waals surface area contributed by atoms with Crippen molar-refractivity contribution in [3.05, 3.63) is 73.4 Å². The SMILES string of the molecule is O=S(=O)(NCCO)c1cncc(-c2ccc3nccc(-c4ccncc4)c3c2)c1. The number of aromatic nitrogens is 3. The minimum atomic E-state index is -3.74. The number of aliphatic hydroxyl groups excluding tert-OH is 1. The second kappa shape index (κ2) is 8.04. The van der Waals surface area contributed by atoms with Gasteiger partial charge in [0.15, 0.2) is 0 Å². The molecule has 0 saturated heterocycles. The van der Waals surface area contributed by atoms with Crippen LogP contribution >= 0.6 is 0 Å². The Balaban J connectivity index is 1.81. The molecule has 8 heteroatoms. The predicted molar refractivity (Wildman–Crippen MR) is 110 cm³/mol. The average Bonchev–Trinajstić information content (AvgIpc) is 2.77. The summed E-state index contributed by atoms with van der Waals surface area (Å²) in [6, 6.07) is 13.1. The highest BCUT2D eigenvalue weighted by Crippen LogP contribution is 2.31. The van der Waals surface area contributed by atoms with Gasteiger partial charge in [-0.2, -0.15) is 0 Å². The quantitative estimate of drug-likeness (QED) is 0.510. The molecule has 0 amide bonds. The Morgan fingerprint density at radius 2 is 1.69 bits per heavy atom. The largest absolute Gasteiger partial charge is 0.395 e. The van der Waals surface area contributed by atoms with Crippen LogP contribution in [0.4, 0.5) is 0 Å². The first-order valence-corrected chi connectivity index (χ1v) is 10.4. The second-order valence-corrected chi connectivity index (χ2v) is 8.12. The van der Waals surface area contributed by atoms with Gasteiger partial charge in [0.2, 0.25) is 10.0 Å². The van der Waals surface area contributed by atoms with Gasteiger partial charge in [0.05, 0.1) is 12.1 Å². The Kier molecular flexibility index (Phi) is 5.30. The molecular formula is C21H18N4O3S. The summed E-state index contributed by atoms with van der Waals surface area (Å²) in [6.07, 6.45) is 8.15. The standard InChI is InChI=1S/C21H18N4O3S/c26-10-9-25-29(27,28)18-11-17(13-23-14-18)16-1-2-21-20(12-16)19(5-8-24-21)15-3-6-22-7-4-15/h1-8,11-14,25-26H,9-10H2. The number of aliphatic hydroxyl groups is 1. The van der Waals surface area contributed by atoms with Crippen LogP contribution in [0.5, 0.6) is 0 Å². The van der Waals surface area contributed by atoms with Crippen LogP contribution in [-0.2, 0) is 10.0 Å². The van der Waals surface area contributed by atoms with Gasteiger partial charge < -0.3 is 5.11 Å². The molecule has 0 bridgehead atoms. The van der Waals surface area contributed by atoms with E-state index in [2.05, 4.69) is 19.7 Å². The van der Waals surface area contributed by atoms with Gasteiger partial charge in [-0.15, -0.1) is 0 Å². The average molecular weight is 406 g/mol. The molecule has 0 aliphatic carbocycles. The van der Waals surface area contributed by atoms with Gasteiger partial charge in [0, 0.05) is 48.5 Å². The van der Waals surface area contributed by atoms with Crippen LogP contribution in [0.3, 0.4) is 0 Å². The summed E-state index contributed by atoms with van der Waals surface area (Å²) in [6.45, 7) is -0.328. The van der Waals surface area contributed by atoms with Gasteiger partial charge in [-0.05, 0) is 53.1 Å². The number of fused-ring (bicyclic) bond motifs is 1. The summed E-state index contributed by atoms with van der Waals surface area (Å²) in [4.78, 5) is 12.6. The molecule has 0 fully saturated rings. The third-order valence-electron chi connectivity index (χ3n) is 4.49. The summed E-state index contributed by atoms with van der Waals surface area (Å²) in [5, 5.41) is 9.82. The Morgan fingerprint density at radius 1 is 0.862 bits per heavy atom. The summed E-state index contributed by atoms with van der Waals surface area (Å²) >= 11 is 0. The maximum absolute atomic E-state index is 12.3. The first-order chi connectivity index (χ1) is 14.1. The molecule has 0 aliphatic heterocycles. The maximum atomic E-state index is 12.3. The fourth-order valence-electron chi connectivity index (χ4n) is 3.10. The zero-order valence-electron chi connectivity index (χ0n) is 15.4. The molecule has 0 aliphatic rings. The second-order valence-electron chi connectivity index (χ2n) is 6.36. The van der Waals surface area contributed by atoms with Gasteiger partial charge in [-0.25, -0.2) is 13.1 Å². The number of benzene rings is 1. The van der Waals surface area contributed by atoms with Crippen molar-refractivity contribution < 1.29 is 13.5 Å². The molecule has 3 aromatic heterocycles. The molecule has 0 atom stereocenters. The van der Waals surface area contributed by atoms with Crippen LogP contribution in [0.2, 0.25) is 0 Å². The lowest BCUT2D eigenvalue weighted by Crippen LogP contribution is -2.26. The van der Waals surface area contributed by atoms with Gasteiger partial charge in [0.25, 0.3) is 0 Å². The van der Waals surface area contributed by atoms with Crippen molar-refractivity contribution in [1.29, 1.82) is 0 Å². The molecule has 146 valence electrons. The number of pyridine rings is 3.